The topological polar surface area (TPSA) is 73.6 Å². The van der Waals surface area contributed by atoms with Crippen LogP contribution in [0.1, 0.15) is 24.7 Å². The maximum Gasteiger partial charge on any atom is 0.136 e. The van der Waals surface area contributed by atoms with Crippen LogP contribution in [0.25, 0.3) is 0 Å². The van der Waals surface area contributed by atoms with E-state index in [1.54, 1.807) is 18.2 Å². The fraction of sp³-hybridized carbons (Fsp3) is 0.267. The summed E-state index contributed by atoms with van der Waals surface area (Å²) in [6.07, 6.45) is 1.79. The molecule has 0 saturated heterocycles. The van der Waals surface area contributed by atoms with E-state index in [1.807, 2.05) is 13.1 Å². The van der Waals surface area contributed by atoms with Gasteiger partial charge in [0.05, 0.1) is 22.3 Å². The van der Waals surface area contributed by atoms with E-state index in [-0.39, 0.29) is 0 Å². The number of aryl methyl sites for hydroxylation is 1. The molecule has 0 unspecified atom stereocenters. The lowest BCUT2D eigenvalue weighted by Crippen LogP contribution is -2.04. The fourth-order valence-corrected chi connectivity index (χ4v) is 2.08. The second-order valence-electron chi connectivity index (χ2n) is 4.49. The molecule has 6 heteroatoms. The zero-order valence-corrected chi connectivity index (χ0v) is 12.7. The first-order chi connectivity index (χ1) is 10.2. The number of halogens is 1. The molecule has 2 N–H and O–H groups in total. The molecule has 1 heterocycles. The zero-order chi connectivity index (χ0) is 15.2. The number of hydrogen-bond acceptors (Lipinski definition) is 5. The Morgan fingerprint density at radius 1 is 1.24 bits per heavy atom. The predicted octanol–water partition coefficient (Wildman–Crippen LogP) is 3.74. The number of nitrogens with zero attached hydrogens (tertiary/aromatic N) is 3. The van der Waals surface area contributed by atoms with E-state index in [1.165, 1.54) is 0 Å². The summed E-state index contributed by atoms with van der Waals surface area (Å²) in [5, 5.41) is 15.5. The maximum absolute atomic E-state index is 8.85. The van der Waals surface area contributed by atoms with Crippen LogP contribution in [-0.2, 0) is 6.42 Å². The second kappa shape index (κ2) is 6.91. The quantitative estimate of drug-likeness (QED) is 0.880. The summed E-state index contributed by atoms with van der Waals surface area (Å²) in [6.45, 7) is 2.08. The number of anilines is 3. The number of nitrogens with one attached hydrogen (secondary N) is 2. The summed E-state index contributed by atoms with van der Waals surface area (Å²) in [7, 11) is 1.82. The Bertz CT molecular complexity index is 678. The SMILES string of the molecule is CCCc1nc(NC)cc(Nc2ccc(C#N)cc2Cl)n1. The molecule has 0 aliphatic carbocycles. The minimum Gasteiger partial charge on any atom is -0.373 e. The zero-order valence-electron chi connectivity index (χ0n) is 11.9. The summed E-state index contributed by atoms with van der Waals surface area (Å²) in [6, 6.07) is 8.97. The van der Waals surface area contributed by atoms with Crippen LogP contribution in [-0.4, -0.2) is 17.0 Å². The summed E-state index contributed by atoms with van der Waals surface area (Å²) in [4.78, 5) is 8.86. The Morgan fingerprint density at radius 3 is 2.62 bits per heavy atom. The molecular formula is C15H16ClN5. The highest BCUT2D eigenvalue weighted by Crippen LogP contribution is 2.26. The molecule has 108 valence electrons. The van der Waals surface area contributed by atoms with Gasteiger partial charge in [0.1, 0.15) is 17.5 Å². The van der Waals surface area contributed by atoms with Crippen LogP contribution in [0.15, 0.2) is 24.3 Å². The molecule has 0 fully saturated rings. The summed E-state index contributed by atoms with van der Waals surface area (Å²) in [5.41, 5.74) is 1.23. The molecule has 0 amide bonds. The van der Waals surface area contributed by atoms with Gasteiger partial charge in [0.15, 0.2) is 0 Å². The van der Waals surface area contributed by atoms with E-state index in [4.69, 9.17) is 16.9 Å². The van der Waals surface area contributed by atoms with Gasteiger partial charge in [-0.1, -0.05) is 18.5 Å². The third kappa shape index (κ3) is 3.83. The maximum atomic E-state index is 8.85. The molecule has 2 aromatic rings. The third-order valence-corrected chi connectivity index (χ3v) is 3.18. The molecule has 0 radical (unpaired) electrons. The van der Waals surface area contributed by atoms with Crippen molar-refractivity contribution in [2.24, 2.45) is 0 Å². The molecule has 0 saturated carbocycles. The molecule has 0 atom stereocenters. The smallest absolute Gasteiger partial charge is 0.136 e. The first-order valence-electron chi connectivity index (χ1n) is 6.68. The standard InChI is InChI=1S/C15H16ClN5/c1-3-4-13-20-14(18-2)8-15(21-13)19-12-6-5-10(9-17)7-11(12)16/h5-8H,3-4H2,1-2H3,(H2,18,19,20,21). The molecule has 1 aromatic carbocycles. The Morgan fingerprint density at radius 2 is 2.00 bits per heavy atom. The van der Waals surface area contributed by atoms with Gasteiger partial charge in [-0.3, -0.25) is 0 Å². The van der Waals surface area contributed by atoms with Crippen molar-refractivity contribution >= 4 is 28.9 Å². The van der Waals surface area contributed by atoms with Gasteiger partial charge in [-0.05, 0) is 24.6 Å². The molecule has 0 bridgehead atoms. The first-order valence-corrected chi connectivity index (χ1v) is 7.06. The molecular weight excluding hydrogens is 286 g/mol. The predicted molar refractivity (Wildman–Crippen MR) is 85.0 cm³/mol. The lowest BCUT2D eigenvalue weighted by molar-refractivity contribution is 0.838. The fourth-order valence-electron chi connectivity index (χ4n) is 1.85. The summed E-state index contributed by atoms with van der Waals surface area (Å²) in [5.74, 6) is 2.20. The Balaban J connectivity index is 2.30. The van der Waals surface area contributed by atoms with Gasteiger partial charge in [-0.2, -0.15) is 5.26 Å². The molecule has 0 aliphatic rings. The van der Waals surface area contributed by atoms with Crippen LogP contribution in [0.5, 0.6) is 0 Å². The molecule has 2 rings (SSSR count). The van der Waals surface area contributed by atoms with Gasteiger partial charge in [-0.25, -0.2) is 9.97 Å². The summed E-state index contributed by atoms with van der Waals surface area (Å²) >= 11 is 6.16. The minimum absolute atomic E-state index is 0.482. The van der Waals surface area contributed by atoms with Crippen LogP contribution >= 0.6 is 11.6 Å². The summed E-state index contributed by atoms with van der Waals surface area (Å²) < 4.78 is 0. The van der Waals surface area contributed by atoms with Crippen molar-refractivity contribution in [3.63, 3.8) is 0 Å². The second-order valence-corrected chi connectivity index (χ2v) is 4.89. The normalized spacial score (nSPS) is 10.0. The molecule has 5 nitrogen and oxygen atoms in total. The number of benzene rings is 1. The Hall–Kier alpha value is -2.32. The molecule has 0 aliphatic heterocycles. The number of aromatic nitrogens is 2. The van der Waals surface area contributed by atoms with Crippen molar-refractivity contribution in [1.82, 2.24) is 9.97 Å². The van der Waals surface area contributed by atoms with Crippen molar-refractivity contribution in [3.05, 3.63) is 40.7 Å². The van der Waals surface area contributed by atoms with Crippen molar-refractivity contribution < 1.29 is 0 Å². The van der Waals surface area contributed by atoms with Gasteiger partial charge in [-0.15, -0.1) is 0 Å². The molecule has 21 heavy (non-hydrogen) atoms. The van der Waals surface area contributed by atoms with Crippen molar-refractivity contribution in [3.8, 4) is 6.07 Å². The number of hydrogen-bond donors (Lipinski definition) is 2. The van der Waals surface area contributed by atoms with Gasteiger partial charge < -0.3 is 10.6 Å². The average molecular weight is 302 g/mol. The number of rotatable bonds is 5. The Labute approximate surface area is 129 Å². The first kappa shape index (κ1) is 15.1. The van der Waals surface area contributed by atoms with Crippen LogP contribution in [0.3, 0.4) is 0 Å². The van der Waals surface area contributed by atoms with Crippen molar-refractivity contribution in [1.29, 1.82) is 5.26 Å². The monoisotopic (exact) mass is 301 g/mol. The average Bonchev–Trinajstić information content (AvgIpc) is 2.49. The van der Waals surface area contributed by atoms with Crippen LogP contribution in [0.2, 0.25) is 5.02 Å². The van der Waals surface area contributed by atoms with Gasteiger partial charge in [0.2, 0.25) is 0 Å². The van der Waals surface area contributed by atoms with E-state index in [2.05, 4.69) is 33.6 Å². The van der Waals surface area contributed by atoms with E-state index < -0.39 is 0 Å². The lowest BCUT2D eigenvalue weighted by atomic mass is 10.2. The highest BCUT2D eigenvalue weighted by atomic mass is 35.5. The van der Waals surface area contributed by atoms with Crippen molar-refractivity contribution in [2.45, 2.75) is 19.8 Å². The Kier molecular flexibility index (Phi) is 4.96. The van der Waals surface area contributed by atoms with Crippen molar-refractivity contribution in [2.75, 3.05) is 17.7 Å². The number of nitriles is 1. The highest BCUT2D eigenvalue weighted by molar-refractivity contribution is 6.33. The molecule has 1 aromatic heterocycles. The minimum atomic E-state index is 0.482. The largest absolute Gasteiger partial charge is 0.373 e. The molecule has 0 spiro atoms. The van der Waals surface area contributed by atoms with E-state index in [9.17, 15) is 0 Å². The van der Waals surface area contributed by atoms with Crippen LogP contribution in [0.4, 0.5) is 17.3 Å². The lowest BCUT2D eigenvalue weighted by Gasteiger charge is -2.11. The highest BCUT2D eigenvalue weighted by Gasteiger charge is 2.07. The van der Waals surface area contributed by atoms with E-state index in [0.717, 1.165) is 24.5 Å². The van der Waals surface area contributed by atoms with Gasteiger partial charge >= 0.3 is 0 Å². The van der Waals surface area contributed by atoms with E-state index >= 15 is 0 Å². The van der Waals surface area contributed by atoms with Gasteiger partial charge in [0, 0.05) is 19.5 Å². The van der Waals surface area contributed by atoms with Crippen LogP contribution in [0, 0.1) is 11.3 Å². The van der Waals surface area contributed by atoms with Gasteiger partial charge in [0.25, 0.3) is 0 Å². The van der Waals surface area contributed by atoms with Crippen LogP contribution < -0.4 is 10.6 Å². The third-order valence-electron chi connectivity index (χ3n) is 2.86. The van der Waals surface area contributed by atoms with E-state index in [0.29, 0.717) is 22.1 Å².